The van der Waals surface area contributed by atoms with Gasteiger partial charge in [-0.05, 0) is 54.8 Å². The van der Waals surface area contributed by atoms with E-state index in [0.29, 0.717) is 43.5 Å². The molecule has 0 radical (unpaired) electrons. The Kier molecular flexibility index (Phi) is 6.56. The van der Waals surface area contributed by atoms with Crippen molar-refractivity contribution in [1.82, 2.24) is 19.4 Å². The second-order valence-electron chi connectivity index (χ2n) is 8.98. The molecular weight excluding hydrogens is 461 g/mol. The number of nitrogens with zero attached hydrogens (tertiary/aromatic N) is 5. The third-order valence-electron chi connectivity index (χ3n) is 6.48. The number of aryl methyl sites for hydroxylation is 1. The van der Waals surface area contributed by atoms with Gasteiger partial charge in [-0.2, -0.15) is 0 Å². The highest BCUT2D eigenvalue weighted by Gasteiger charge is 2.40. The Morgan fingerprint density at radius 1 is 1.19 bits per heavy atom. The van der Waals surface area contributed by atoms with E-state index in [0.717, 1.165) is 22.5 Å². The van der Waals surface area contributed by atoms with Crippen LogP contribution >= 0.6 is 0 Å². The Labute approximate surface area is 209 Å². The second-order valence-corrected chi connectivity index (χ2v) is 8.98. The molecule has 1 saturated heterocycles. The number of fused-ring (bicyclic) bond motifs is 1. The Morgan fingerprint density at radius 3 is 2.69 bits per heavy atom. The minimum absolute atomic E-state index is 0.00422. The fraction of sp³-hybridized carbons (Fsp3) is 0.296. The van der Waals surface area contributed by atoms with Crippen LogP contribution in [-0.2, 0) is 4.79 Å². The molecule has 2 aromatic carbocycles. The number of amides is 1. The van der Waals surface area contributed by atoms with Crippen LogP contribution in [0, 0.1) is 12.7 Å². The van der Waals surface area contributed by atoms with Gasteiger partial charge in [-0.3, -0.25) is 9.69 Å². The van der Waals surface area contributed by atoms with E-state index in [1.807, 2.05) is 40.8 Å². The van der Waals surface area contributed by atoms with E-state index in [1.54, 1.807) is 36.5 Å². The number of aromatic nitrogens is 2. The number of benzene rings is 2. The van der Waals surface area contributed by atoms with Crippen molar-refractivity contribution in [2.45, 2.75) is 19.3 Å². The molecule has 1 aromatic heterocycles. The van der Waals surface area contributed by atoms with Gasteiger partial charge >= 0.3 is 0 Å². The largest absolute Gasteiger partial charge is 0.495 e. The number of rotatable bonds is 7. The van der Waals surface area contributed by atoms with Crippen LogP contribution in [0.15, 0.2) is 65.7 Å². The molecule has 0 saturated carbocycles. The molecule has 1 amide bonds. The van der Waals surface area contributed by atoms with Gasteiger partial charge in [0.1, 0.15) is 17.3 Å². The number of hydrogen-bond donors (Lipinski definition) is 1. The number of carbonyl (C=O) groups is 1. The molecule has 1 fully saturated rings. The number of ether oxygens (including phenoxy) is 1. The summed E-state index contributed by atoms with van der Waals surface area (Å²) in [6.07, 6.45) is 5.96. The first-order valence-electron chi connectivity index (χ1n) is 11.9. The van der Waals surface area contributed by atoms with E-state index >= 15 is 0 Å². The first-order valence-corrected chi connectivity index (χ1v) is 11.9. The lowest BCUT2D eigenvalue weighted by molar-refractivity contribution is -0.123. The molecule has 36 heavy (non-hydrogen) atoms. The van der Waals surface area contributed by atoms with E-state index in [4.69, 9.17) is 4.74 Å². The van der Waals surface area contributed by atoms with Gasteiger partial charge in [-0.15, -0.1) is 0 Å². The molecule has 8 nitrogen and oxygen atoms in total. The molecule has 0 bridgehead atoms. The van der Waals surface area contributed by atoms with Crippen LogP contribution in [0.4, 0.5) is 4.39 Å². The molecule has 1 N–H and O–H groups in total. The number of hydrogen-bond acceptors (Lipinski definition) is 6. The summed E-state index contributed by atoms with van der Waals surface area (Å²) in [6, 6.07) is 12.1. The van der Waals surface area contributed by atoms with Crippen molar-refractivity contribution in [2.75, 3.05) is 33.4 Å². The number of aliphatic hydroxyl groups excluding tert-OH is 1. The zero-order valence-electron chi connectivity index (χ0n) is 20.3. The van der Waals surface area contributed by atoms with E-state index in [9.17, 15) is 14.3 Å². The van der Waals surface area contributed by atoms with Gasteiger partial charge < -0.3 is 19.3 Å². The van der Waals surface area contributed by atoms with Crippen LogP contribution < -0.4 is 4.74 Å². The van der Waals surface area contributed by atoms with Gasteiger partial charge in [0, 0.05) is 38.4 Å². The Hall–Kier alpha value is -3.98. The molecule has 2 aliphatic heterocycles. The number of imidazole rings is 1. The Balaban J connectivity index is 1.44. The molecule has 1 unspecified atom stereocenters. The number of carbonyl (C=O) groups excluding carboxylic acids is 1. The third kappa shape index (κ3) is 4.61. The Bertz CT molecular complexity index is 1330. The van der Waals surface area contributed by atoms with Gasteiger partial charge in [0.15, 0.2) is 0 Å². The zero-order valence-corrected chi connectivity index (χ0v) is 20.3. The lowest BCUT2D eigenvalue weighted by atomic mass is 9.96. The monoisotopic (exact) mass is 489 g/mol. The Morgan fingerprint density at radius 2 is 2.00 bits per heavy atom. The minimum Gasteiger partial charge on any atom is -0.495 e. The number of halogens is 1. The molecule has 0 spiro atoms. The maximum absolute atomic E-state index is 13.5. The van der Waals surface area contributed by atoms with E-state index in [-0.39, 0.29) is 24.2 Å². The normalized spacial score (nSPS) is 18.6. The standard InChI is InChI=1S/C27H28FN5O3/c1-18-14-32(17-29-18)24-9-4-19(13-25(24)36-2)12-23-26(35)33-16-21(20-5-7-22(28)8-6-20)15-31(10-3-11-34)27(33)30-23/h4-9,12-14,17,21,34H,3,10-11,15-16H2,1-2H3/b23-12-. The van der Waals surface area contributed by atoms with E-state index < -0.39 is 0 Å². The summed E-state index contributed by atoms with van der Waals surface area (Å²) in [4.78, 5) is 26.1. The maximum Gasteiger partial charge on any atom is 0.279 e. The quantitative estimate of drug-likeness (QED) is 0.515. The smallest absolute Gasteiger partial charge is 0.279 e. The molecule has 5 rings (SSSR count). The highest BCUT2D eigenvalue weighted by molar-refractivity contribution is 6.14. The lowest BCUT2D eigenvalue weighted by Crippen LogP contribution is -2.53. The maximum atomic E-state index is 13.5. The third-order valence-corrected chi connectivity index (χ3v) is 6.48. The van der Waals surface area contributed by atoms with Crippen molar-refractivity contribution >= 4 is 17.9 Å². The van der Waals surface area contributed by atoms with Crippen molar-refractivity contribution in [3.8, 4) is 11.4 Å². The lowest BCUT2D eigenvalue weighted by Gasteiger charge is -2.39. The first-order chi connectivity index (χ1) is 17.5. The summed E-state index contributed by atoms with van der Waals surface area (Å²) in [6.45, 7) is 3.62. The molecular formula is C27H28FN5O3. The van der Waals surface area contributed by atoms with Crippen LogP contribution in [0.1, 0.15) is 29.2 Å². The van der Waals surface area contributed by atoms with Crippen LogP contribution in [0.3, 0.4) is 0 Å². The zero-order chi connectivity index (χ0) is 25.2. The number of guanidine groups is 1. The molecule has 2 aliphatic rings. The number of methoxy groups -OCH3 is 1. The van der Waals surface area contributed by atoms with Crippen molar-refractivity contribution in [2.24, 2.45) is 4.99 Å². The predicted molar refractivity (Wildman–Crippen MR) is 134 cm³/mol. The summed E-state index contributed by atoms with van der Waals surface area (Å²) >= 11 is 0. The number of aliphatic hydroxyl groups is 1. The average molecular weight is 490 g/mol. The van der Waals surface area contributed by atoms with Gasteiger partial charge in [0.25, 0.3) is 5.91 Å². The molecule has 0 aliphatic carbocycles. The van der Waals surface area contributed by atoms with Gasteiger partial charge in [0.2, 0.25) is 5.96 Å². The molecule has 1 atom stereocenters. The highest BCUT2D eigenvalue weighted by atomic mass is 19.1. The molecule has 186 valence electrons. The van der Waals surface area contributed by atoms with Gasteiger partial charge in [-0.25, -0.2) is 14.4 Å². The summed E-state index contributed by atoms with van der Waals surface area (Å²) in [5.74, 6) is 0.777. The fourth-order valence-electron chi connectivity index (χ4n) is 4.68. The first kappa shape index (κ1) is 23.7. The highest BCUT2D eigenvalue weighted by Crippen LogP contribution is 2.31. The number of aliphatic imine (C=N–C) groups is 1. The van der Waals surface area contributed by atoms with Crippen LogP contribution in [0.5, 0.6) is 5.75 Å². The fourth-order valence-corrected chi connectivity index (χ4v) is 4.68. The van der Waals surface area contributed by atoms with Crippen molar-refractivity contribution in [3.63, 3.8) is 0 Å². The predicted octanol–water partition coefficient (Wildman–Crippen LogP) is 3.35. The van der Waals surface area contributed by atoms with Crippen molar-refractivity contribution < 1.29 is 19.0 Å². The summed E-state index contributed by atoms with van der Waals surface area (Å²) < 4.78 is 21.0. The molecule has 3 aromatic rings. The van der Waals surface area contributed by atoms with Crippen LogP contribution in [0.2, 0.25) is 0 Å². The summed E-state index contributed by atoms with van der Waals surface area (Å²) in [7, 11) is 1.61. The van der Waals surface area contributed by atoms with Crippen molar-refractivity contribution in [3.05, 3.63) is 83.3 Å². The molecule has 3 heterocycles. The minimum atomic E-state index is -0.291. The van der Waals surface area contributed by atoms with E-state index in [2.05, 4.69) is 9.98 Å². The van der Waals surface area contributed by atoms with Crippen molar-refractivity contribution in [1.29, 1.82) is 0 Å². The molecule has 9 heteroatoms. The second kappa shape index (κ2) is 9.94. The van der Waals surface area contributed by atoms with Gasteiger partial charge in [0.05, 0.1) is 24.8 Å². The van der Waals surface area contributed by atoms with Gasteiger partial charge in [-0.1, -0.05) is 18.2 Å². The van der Waals surface area contributed by atoms with Crippen LogP contribution in [-0.4, -0.2) is 69.7 Å². The van der Waals surface area contributed by atoms with Crippen LogP contribution in [0.25, 0.3) is 11.8 Å². The summed E-state index contributed by atoms with van der Waals surface area (Å²) in [5, 5.41) is 9.39. The van der Waals surface area contributed by atoms with E-state index in [1.165, 1.54) is 12.1 Å². The summed E-state index contributed by atoms with van der Waals surface area (Å²) in [5.41, 5.74) is 3.84. The topological polar surface area (TPSA) is 83.2 Å². The SMILES string of the molecule is COc1cc(/C=C2\N=C3N(CCCO)CC(c4ccc(F)cc4)CN3C2=O)ccc1-n1cnc(C)c1. The average Bonchev–Trinajstić information content (AvgIpc) is 3.46.